The van der Waals surface area contributed by atoms with Gasteiger partial charge in [0.05, 0.1) is 28.2 Å². The Bertz CT molecular complexity index is 1150. The van der Waals surface area contributed by atoms with E-state index in [0.717, 1.165) is 0 Å². The van der Waals surface area contributed by atoms with Crippen molar-refractivity contribution in [2.45, 2.75) is 24.2 Å². The van der Waals surface area contributed by atoms with E-state index in [9.17, 15) is 18.0 Å². The molecule has 0 N–H and O–H groups in total. The summed E-state index contributed by atoms with van der Waals surface area (Å²) < 4.78 is 25.0. The second-order valence-electron chi connectivity index (χ2n) is 7.88. The number of rotatable bonds is 6. The van der Waals surface area contributed by atoms with E-state index < -0.39 is 9.84 Å². The molecule has 0 saturated carbocycles. The van der Waals surface area contributed by atoms with Crippen LogP contribution in [0.3, 0.4) is 0 Å². The van der Waals surface area contributed by atoms with E-state index in [1.807, 2.05) is 11.0 Å². The molecule has 2 fully saturated rings. The summed E-state index contributed by atoms with van der Waals surface area (Å²) in [6, 6.07) is 7.26. The van der Waals surface area contributed by atoms with Gasteiger partial charge < -0.3 is 4.90 Å². The largest absolute Gasteiger partial charge is 0.339 e. The lowest BCUT2D eigenvalue weighted by atomic mass is 10.2. The third-order valence-electron chi connectivity index (χ3n) is 5.85. The highest BCUT2D eigenvalue weighted by Crippen LogP contribution is 2.21. The van der Waals surface area contributed by atoms with Crippen molar-refractivity contribution in [2.24, 2.45) is 0 Å². The van der Waals surface area contributed by atoms with E-state index in [-0.39, 0.29) is 34.8 Å². The molecule has 1 aromatic carbocycles. The molecule has 3 heterocycles. The summed E-state index contributed by atoms with van der Waals surface area (Å²) in [6.07, 6.45) is 2.33. The molecule has 1 amide bonds. The Balaban J connectivity index is 1.39. The van der Waals surface area contributed by atoms with Crippen LogP contribution in [0.2, 0.25) is 0 Å². The number of hydrogen-bond donors (Lipinski definition) is 0. The second kappa shape index (κ2) is 9.13. The van der Waals surface area contributed by atoms with Gasteiger partial charge in [-0.2, -0.15) is 0 Å². The molecule has 10 heteroatoms. The van der Waals surface area contributed by atoms with Crippen molar-refractivity contribution in [3.63, 3.8) is 0 Å². The lowest BCUT2D eigenvalue weighted by Gasteiger charge is -2.37. The van der Waals surface area contributed by atoms with E-state index in [2.05, 4.69) is 16.5 Å². The minimum atomic E-state index is -2.91. The van der Waals surface area contributed by atoms with Crippen LogP contribution in [-0.4, -0.2) is 83.2 Å². The van der Waals surface area contributed by atoms with Crippen LogP contribution in [0.5, 0.6) is 0 Å². The third-order valence-corrected chi connectivity index (χ3v) is 8.57. The average molecular weight is 463 g/mol. The molecule has 166 valence electrons. The maximum absolute atomic E-state index is 12.8. The predicted molar refractivity (Wildman–Crippen MR) is 122 cm³/mol. The van der Waals surface area contributed by atoms with Gasteiger partial charge in [-0.05, 0) is 18.6 Å². The van der Waals surface area contributed by atoms with Gasteiger partial charge in [0.25, 0.3) is 5.56 Å². The fraction of sp³-hybridized carbons (Fsp3) is 0.476. The zero-order chi connectivity index (χ0) is 22.0. The number of sulfone groups is 1. The van der Waals surface area contributed by atoms with Crippen molar-refractivity contribution in [2.75, 3.05) is 43.4 Å². The molecule has 1 atom stereocenters. The lowest BCUT2D eigenvalue weighted by molar-refractivity contribution is -0.130. The standard InChI is InChI=1S/C21H26N4O4S2/c1-2-8-25-20(27)17-5-3-4-6-18(17)22-21(25)30-14-19(26)24-11-9-23(10-12-24)16-7-13-31(28,29)15-16/h2-6,16H,1,7-15H2/t16-/m1/s1. The van der Waals surface area contributed by atoms with Gasteiger partial charge in [0.1, 0.15) is 0 Å². The lowest BCUT2D eigenvalue weighted by Crippen LogP contribution is -2.52. The molecule has 8 nitrogen and oxygen atoms in total. The number of para-hydroxylation sites is 1. The van der Waals surface area contributed by atoms with Crippen LogP contribution in [0.1, 0.15) is 6.42 Å². The van der Waals surface area contributed by atoms with Crippen LogP contribution in [0, 0.1) is 0 Å². The molecule has 0 radical (unpaired) electrons. The van der Waals surface area contributed by atoms with Crippen molar-refractivity contribution >= 4 is 38.4 Å². The second-order valence-corrected chi connectivity index (χ2v) is 11.0. The van der Waals surface area contributed by atoms with E-state index in [0.29, 0.717) is 55.2 Å². The Morgan fingerprint density at radius 2 is 1.97 bits per heavy atom. The number of thioether (sulfide) groups is 1. The Morgan fingerprint density at radius 1 is 1.23 bits per heavy atom. The molecule has 1 aromatic heterocycles. The minimum absolute atomic E-state index is 0.00347. The van der Waals surface area contributed by atoms with Crippen LogP contribution in [0.25, 0.3) is 10.9 Å². The van der Waals surface area contributed by atoms with Gasteiger partial charge >= 0.3 is 0 Å². The first-order chi connectivity index (χ1) is 14.9. The molecule has 2 aromatic rings. The SMILES string of the molecule is C=CCn1c(SCC(=O)N2CCN([C@@H]3CCS(=O)(=O)C3)CC2)nc2ccccc2c1=O. The highest BCUT2D eigenvalue weighted by Gasteiger charge is 2.34. The Hall–Kier alpha value is -2.17. The summed E-state index contributed by atoms with van der Waals surface area (Å²) >= 11 is 1.26. The van der Waals surface area contributed by atoms with Crippen LogP contribution in [-0.2, 0) is 21.2 Å². The number of piperazine rings is 1. The molecule has 2 aliphatic rings. The first-order valence-corrected chi connectivity index (χ1v) is 13.1. The minimum Gasteiger partial charge on any atom is -0.339 e. The van der Waals surface area contributed by atoms with Gasteiger partial charge in [-0.1, -0.05) is 30.0 Å². The van der Waals surface area contributed by atoms with Crippen molar-refractivity contribution in [1.82, 2.24) is 19.4 Å². The van der Waals surface area contributed by atoms with Crippen LogP contribution in [0.15, 0.2) is 46.9 Å². The molecule has 0 aliphatic carbocycles. The van der Waals surface area contributed by atoms with E-state index in [1.165, 1.54) is 11.8 Å². The fourth-order valence-electron chi connectivity index (χ4n) is 4.17. The van der Waals surface area contributed by atoms with Crippen LogP contribution >= 0.6 is 11.8 Å². The predicted octanol–water partition coefficient (Wildman–Crippen LogP) is 1.01. The fourth-order valence-corrected chi connectivity index (χ4v) is 6.84. The van der Waals surface area contributed by atoms with E-state index in [4.69, 9.17) is 0 Å². The van der Waals surface area contributed by atoms with Gasteiger partial charge in [-0.15, -0.1) is 6.58 Å². The summed E-state index contributed by atoms with van der Waals surface area (Å²) in [5.74, 6) is 0.681. The number of benzene rings is 1. The van der Waals surface area contributed by atoms with Crippen molar-refractivity contribution in [3.8, 4) is 0 Å². The summed E-state index contributed by atoms with van der Waals surface area (Å²) in [5, 5.41) is 1.05. The van der Waals surface area contributed by atoms with Gasteiger partial charge in [-0.25, -0.2) is 13.4 Å². The zero-order valence-electron chi connectivity index (χ0n) is 17.3. The molecular formula is C21H26N4O4S2. The number of amides is 1. The molecule has 2 aliphatic heterocycles. The van der Waals surface area contributed by atoms with Crippen LogP contribution in [0.4, 0.5) is 0 Å². The van der Waals surface area contributed by atoms with Crippen molar-refractivity contribution in [1.29, 1.82) is 0 Å². The maximum Gasteiger partial charge on any atom is 0.262 e. The van der Waals surface area contributed by atoms with Gasteiger partial charge in [-0.3, -0.25) is 19.1 Å². The highest BCUT2D eigenvalue weighted by atomic mass is 32.2. The van der Waals surface area contributed by atoms with Crippen molar-refractivity contribution < 1.29 is 13.2 Å². The first kappa shape index (κ1) is 22.0. The molecule has 4 rings (SSSR count). The summed E-state index contributed by atoms with van der Waals surface area (Å²) in [5.41, 5.74) is 0.475. The number of aromatic nitrogens is 2. The maximum atomic E-state index is 12.8. The number of carbonyl (C=O) groups is 1. The number of nitrogens with zero attached hydrogens (tertiary/aromatic N) is 4. The monoisotopic (exact) mass is 462 g/mol. The normalized spacial score (nSPS) is 21.4. The highest BCUT2D eigenvalue weighted by molar-refractivity contribution is 7.99. The zero-order valence-corrected chi connectivity index (χ0v) is 18.9. The summed E-state index contributed by atoms with van der Waals surface area (Å²) in [6.45, 7) is 6.59. The number of hydrogen-bond acceptors (Lipinski definition) is 7. The van der Waals surface area contributed by atoms with Gasteiger partial charge in [0.15, 0.2) is 15.0 Å². The van der Waals surface area contributed by atoms with Gasteiger partial charge in [0, 0.05) is 38.8 Å². The van der Waals surface area contributed by atoms with Crippen LogP contribution < -0.4 is 5.56 Å². The first-order valence-electron chi connectivity index (χ1n) is 10.3. The average Bonchev–Trinajstić information content (AvgIpc) is 3.14. The number of allylic oxidation sites excluding steroid dienone is 1. The molecule has 31 heavy (non-hydrogen) atoms. The molecule has 2 saturated heterocycles. The van der Waals surface area contributed by atoms with E-state index in [1.54, 1.807) is 28.8 Å². The molecule has 0 bridgehead atoms. The van der Waals surface area contributed by atoms with Crippen molar-refractivity contribution in [3.05, 3.63) is 47.3 Å². The Labute approximate surface area is 185 Å². The quantitative estimate of drug-likeness (QED) is 0.359. The number of carbonyl (C=O) groups excluding carboxylic acids is 1. The van der Waals surface area contributed by atoms with Gasteiger partial charge in [0.2, 0.25) is 5.91 Å². The van der Waals surface area contributed by atoms with E-state index >= 15 is 0 Å². The summed E-state index contributed by atoms with van der Waals surface area (Å²) in [7, 11) is -2.91. The smallest absolute Gasteiger partial charge is 0.262 e. The molecule has 0 unspecified atom stereocenters. The third kappa shape index (κ3) is 4.86. The summed E-state index contributed by atoms with van der Waals surface area (Å²) in [4.78, 5) is 34.2. The Morgan fingerprint density at radius 3 is 2.65 bits per heavy atom. The molecule has 0 spiro atoms. The topological polar surface area (TPSA) is 92.6 Å². The molecular weight excluding hydrogens is 436 g/mol. The Kier molecular flexibility index (Phi) is 6.49. The number of fused-ring (bicyclic) bond motifs is 1.